The fourth-order valence-corrected chi connectivity index (χ4v) is 1.02. The second-order valence-corrected chi connectivity index (χ2v) is 3.06. The molecule has 1 atom stereocenters. The van der Waals surface area contributed by atoms with E-state index in [0.717, 1.165) is 0 Å². The fraction of sp³-hybridized carbons (Fsp3) is 0.556. The number of rotatable bonds is 5. The lowest BCUT2D eigenvalue weighted by Crippen LogP contribution is -2.23. The van der Waals surface area contributed by atoms with Crippen LogP contribution < -0.4 is 10.1 Å². The van der Waals surface area contributed by atoms with Crippen LogP contribution in [0.2, 0.25) is 0 Å². The molecule has 15 heavy (non-hydrogen) atoms. The van der Waals surface area contributed by atoms with Gasteiger partial charge in [0, 0.05) is 12.6 Å². The van der Waals surface area contributed by atoms with Crippen LogP contribution in [0.4, 0.5) is 5.82 Å². The van der Waals surface area contributed by atoms with Gasteiger partial charge in [-0.1, -0.05) is 0 Å². The molecule has 1 aromatic rings. The zero-order valence-corrected chi connectivity index (χ0v) is 8.77. The standard InChI is InChI=1S/C9H15N3O3/c1-6-11-8(3-9(12-6)15-2)10-4-7(14)5-13/h3,7,13-14H,4-5H2,1-2H3,(H,10,11,12). The van der Waals surface area contributed by atoms with Crippen LogP contribution in [-0.2, 0) is 0 Å². The van der Waals surface area contributed by atoms with Crippen molar-refractivity contribution in [1.82, 2.24) is 9.97 Å². The Bertz CT molecular complexity index is 319. The lowest BCUT2D eigenvalue weighted by Gasteiger charge is -2.10. The van der Waals surface area contributed by atoms with Gasteiger partial charge in [0.2, 0.25) is 5.88 Å². The molecule has 0 aliphatic carbocycles. The summed E-state index contributed by atoms with van der Waals surface area (Å²) in [6.45, 7) is 1.69. The number of nitrogens with zero attached hydrogens (tertiary/aromatic N) is 2. The van der Waals surface area contributed by atoms with Crippen LogP contribution in [-0.4, -0.2) is 46.5 Å². The summed E-state index contributed by atoms with van der Waals surface area (Å²) in [5, 5.41) is 20.6. The minimum atomic E-state index is -0.800. The van der Waals surface area contributed by atoms with Crippen LogP contribution in [0.5, 0.6) is 5.88 Å². The van der Waals surface area contributed by atoms with Gasteiger partial charge in [-0.05, 0) is 6.92 Å². The second-order valence-electron chi connectivity index (χ2n) is 3.06. The van der Waals surface area contributed by atoms with Crippen LogP contribution in [0.3, 0.4) is 0 Å². The number of hydrogen-bond acceptors (Lipinski definition) is 6. The monoisotopic (exact) mass is 213 g/mol. The minimum absolute atomic E-state index is 0.232. The average Bonchev–Trinajstić information content (AvgIpc) is 2.25. The van der Waals surface area contributed by atoms with Gasteiger partial charge in [-0.15, -0.1) is 0 Å². The first-order valence-electron chi connectivity index (χ1n) is 4.58. The summed E-state index contributed by atoms with van der Waals surface area (Å²) >= 11 is 0. The molecular weight excluding hydrogens is 198 g/mol. The minimum Gasteiger partial charge on any atom is -0.481 e. The first kappa shape index (κ1) is 11.7. The van der Waals surface area contributed by atoms with Crippen molar-refractivity contribution in [1.29, 1.82) is 0 Å². The zero-order chi connectivity index (χ0) is 11.3. The molecule has 6 heteroatoms. The van der Waals surface area contributed by atoms with Gasteiger partial charge in [-0.2, -0.15) is 4.98 Å². The molecular formula is C9H15N3O3. The number of aryl methyl sites for hydroxylation is 1. The maximum absolute atomic E-state index is 9.13. The van der Waals surface area contributed by atoms with E-state index in [1.807, 2.05) is 0 Å². The molecule has 0 spiro atoms. The number of nitrogens with one attached hydrogen (secondary N) is 1. The molecule has 0 fully saturated rings. The van der Waals surface area contributed by atoms with Gasteiger partial charge in [0.1, 0.15) is 11.6 Å². The number of aromatic nitrogens is 2. The number of methoxy groups -OCH3 is 1. The highest BCUT2D eigenvalue weighted by Gasteiger charge is 2.04. The molecule has 0 aliphatic heterocycles. The van der Waals surface area contributed by atoms with Crippen molar-refractivity contribution >= 4 is 5.82 Å². The normalized spacial score (nSPS) is 12.3. The van der Waals surface area contributed by atoms with Crippen molar-refractivity contribution in [3.8, 4) is 5.88 Å². The largest absolute Gasteiger partial charge is 0.481 e. The summed E-state index contributed by atoms with van der Waals surface area (Å²) in [5.41, 5.74) is 0. The van der Waals surface area contributed by atoms with E-state index in [2.05, 4.69) is 15.3 Å². The Labute approximate surface area is 87.9 Å². The van der Waals surface area contributed by atoms with Gasteiger partial charge in [-0.3, -0.25) is 0 Å². The molecule has 6 nitrogen and oxygen atoms in total. The molecule has 0 bridgehead atoms. The third-order valence-corrected chi connectivity index (χ3v) is 1.75. The Morgan fingerprint density at radius 3 is 2.87 bits per heavy atom. The second kappa shape index (κ2) is 5.47. The Hall–Kier alpha value is -1.40. The predicted octanol–water partition coefficient (Wildman–Crippen LogP) is -0.441. The van der Waals surface area contributed by atoms with Gasteiger partial charge in [0.15, 0.2) is 0 Å². The van der Waals surface area contributed by atoms with E-state index >= 15 is 0 Å². The smallest absolute Gasteiger partial charge is 0.218 e. The maximum Gasteiger partial charge on any atom is 0.218 e. The van der Waals surface area contributed by atoms with Crippen molar-refractivity contribution in [2.45, 2.75) is 13.0 Å². The highest BCUT2D eigenvalue weighted by atomic mass is 16.5. The summed E-state index contributed by atoms with van der Waals surface area (Å²) in [6, 6.07) is 1.62. The Morgan fingerprint density at radius 2 is 2.27 bits per heavy atom. The van der Waals surface area contributed by atoms with E-state index in [0.29, 0.717) is 17.5 Å². The van der Waals surface area contributed by atoms with Gasteiger partial charge in [-0.25, -0.2) is 4.98 Å². The van der Waals surface area contributed by atoms with Crippen LogP contribution >= 0.6 is 0 Å². The van der Waals surface area contributed by atoms with E-state index in [1.165, 1.54) is 7.11 Å². The molecule has 84 valence electrons. The van der Waals surface area contributed by atoms with Gasteiger partial charge < -0.3 is 20.3 Å². The maximum atomic E-state index is 9.13. The Kier molecular flexibility index (Phi) is 4.26. The molecule has 1 rings (SSSR count). The topological polar surface area (TPSA) is 87.5 Å². The summed E-state index contributed by atoms with van der Waals surface area (Å²) < 4.78 is 4.97. The van der Waals surface area contributed by atoms with Crippen molar-refractivity contribution < 1.29 is 14.9 Å². The third-order valence-electron chi connectivity index (χ3n) is 1.75. The van der Waals surface area contributed by atoms with Crippen LogP contribution in [0.1, 0.15) is 5.82 Å². The van der Waals surface area contributed by atoms with Crippen LogP contribution in [0.25, 0.3) is 0 Å². The average molecular weight is 213 g/mol. The Morgan fingerprint density at radius 1 is 1.53 bits per heavy atom. The van der Waals surface area contributed by atoms with Crippen molar-refractivity contribution in [3.05, 3.63) is 11.9 Å². The zero-order valence-electron chi connectivity index (χ0n) is 8.77. The summed E-state index contributed by atoms with van der Waals surface area (Å²) in [7, 11) is 1.52. The highest BCUT2D eigenvalue weighted by molar-refractivity contribution is 5.38. The first-order valence-corrected chi connectivity index (χ1v) is 4.58. The van der Waals surface area contributed by atoms with E-state index < -0.39 is 6.10 Å². The quantitative estimate of drug-likeness (QED) is 0.614. The molecule has 0 saturated heterocycles. The molecule has 1 heterocycles. The fourth-order valence-electron chi connectivity index (χ4n) is 1.02. The molecule has 1 unspecified atom stereocenters. The number of ether oxygens (including phenoxy) is 1. The summed E-state index contributed by atoms with van der Waals surface area (Å²) in [5.74, 6) is 1.60. The van der Waals surface area contributed by atoms with E-state index in [9.17, 15) is 0 Å². The lowest BCUT2D eigenvalue weighted by molar-refractivity contribution is 0.105. The first-order chi connectivity index (χ1) is 7.15. The van der Waals surface area contributed by atoms with E-state index in [-0.39, 0.29) is 13.2 Å². The van der Waals surface area contributed by atoms with Crippen LogP contribution in [0, 0.1) is 6.92 Å². The molecule has 0 aliphatic rings. The SMILES string of the molecule is COc1cc(NCC(O)CO)nc(C)n1. The molecule has 0 radical (unpaired) electrons. The molecule has 0 aromatic carbocycles. The molecule has 3 N–H and O–H groups in total. The summed E-state index contributed by atoms with van der Waals surface area (Å²) in [6.07, 6.45) is -0.800. The number of anilines is 1. The highest BCUT2D eigenvalue weighted by Crippen LogP contribution is 2.12. The lowest BCUT2D eigenvalue weighted by atomic mass is 10.4. The number of aliphatic hydroxyl groups is 2. The van der Waals surface area contributed by atoms with Gasteiger partial charge in [0.05, 0.1) is 19.8 Å². The van der Waals surface area contributed by atoms with E-state index in [4.69, 9.17) is 14.9 Å². The number of aliphatic hydroxyl groups excluding tert-OH is 2. The third kappa shape index (κ3) is 3.69. The Balaban J connectivity index is 2.64. The van der Waals surface area contributed by atoms with Crippen molar-refractivity contribution in [2.24, 2.45) is 0 Å². The summed E-state index contributed by atoms with van der Waals surface area (Å²) in [4.78, 5) is 8.11. The molecule has 1 aromatic heterocycles. The van der Waals surface area contributed by atoms with Crippen molar-refractivity contribution in [2.75, 3.05) is 25.6 Å². The van der Waals surface area contributed by atoms with Gasteiger partial charge >= 0.3 is 0 Å². The predicted molar refractivity (Wildman–Crippen MR) is 54.9 cm³/mol. The van der Waals surface area contributed by atoms with Crippen LogP contribution in [0.15, 0.2) is 6.07 Å². The van der Waals surface area contributed by atoms with Crippen molar-refractivity contribution in [3.63, 3.8) is 0 Å². The molecule has 0 saturated carbocycles. The number of hydrogen-bond donors (Lipinski definition) is 3. The van der Waals surface area contributed by atoms with Gasteiger partial charge in [0.25, 0.3) is 0 Å². The van der Waals surface area contributed by atoms with E-state index in [1.54, 1.807) is 13.0 Å². The molecule has 0 amide bonds.